The lowest BCUT2D eigenvalue weighted by molar-refractivity contribution is 0.746. The van der Waals surface area contributed by atoms with Crippen molar-refractivity contribution in [2.24, 2.45) is 0 Å². The van der Waals surface area contributed by atoms with Crippen molar-refractivity contribution in [1.82, 2.24) is 19.5 Å². The number of H-pyrrole nitrogens is 1. The minimum absolute atomic E-state index is 0.112. The summed E-state index contributed by atoms with van der Waals surface area (Å²) in [5.74, 6) is 2.04. The third kappa shape index (κ3) is 1.93. The number of hydrogen-bond acceptors (Lipinski definition) is 3. The van der Waals surface area contributed by atoms with E-state index in [0.29, 0.717) is 5.92 Å². The highest BCUT2D eigenvalue weighted by Gasteiger charge is 2.12. The largest absolute Gasteiger partial charge is 0.322 e. The molecule has 96 valence electrons. The Hall–Kier alpha value is -2.43. The molecule has 3 rings (SSSR count). The summed E-state index contributed by atoms with van der Waals surface area (Å²) in [5.41, 5.74) is 0.667. The topological polar surface area (TPSA) is 63.6 Å². The zero-order valence-electron chi connectivity index (χ0n) is 10.8. The summed E-state index contributed by atoms with van der Waals surface area (Å²) in [6.07, 6.45) is 5.35. The molecule has 3 aromatic rings. The highest BCUT2D eigenvalue weighted by atomic mass is 16.1. The molecule has 1 N–H and O–H groups in total. The highest BCUT2D eigenvalue weighted by molar-refractivity contribution is 5.84. The van der Waals surface area contributed by atoms with Crippen LogP contribution in [0.15, 0.2) is 41.6 Å². The van der Waals surface area contributed by atoms with Crippen molar-refractivity contribution in [2.45, 2.75) is 19.8 Å². The lowest BCUT2D eigenvalue weighted by Crippen LogP contribution is -2.07. The first-order valence-electron chi connectivity index (χ1n) is 6.18. The van der Waals surface area contributed by atoms with Gasteiger partial charge in [-0.1, -0.05) is 13.8 Å². The molecule has 5 nitrogen and oxygen atoms in total. The maximum absolute atomic E-state index is 11.4. The zero-order valence-corrected chi connectivity index (χ0v) is 10.8. The van der Waals surface area contributed by atoms with Crippen LogP contribution in [0.25, 0.3) is 16.7 Å². The number of nitrogens with one attached hydrogen (secondary N) is 1. The van der Waals surface area contributed by atoms with Crippen LogP contribution in [0, 0.1) is 0 Å². The third-order valence-electron chi connectivity index (χ3n) is 3.04. The maximum atomic E-state index is 11.4. The fourth-order valence-corrected chi connectivity index (χ4v) is 2.18. The van der Waals surface area contributed by atoms with E-state index in [4.69, 9.17) is 0 Å². The first-order valence-corrected chi connectivity index (χ1v) is 6.18. The SMILES string of the molecule is CC(C)c1nccn1-c1nccc2[nH]c(=O)ccc12. The molecular weight excluding hydrogens is 240 g/mol. The Kier molecular flexibility index (Phi) is 2.67. The van der Waals surface area contributed by atoms with Crippen LogP contribution in [0.4, 0.5) is 0 Å². The molecule has 0 bridgehead atoms. The van der Waals surface area contributed by atoms with E-state index < -0.39 is 0 Å². The molecule has 0 spiro atoms. The van der Waals surface area contributed by atoms with Gasteiger partial charge in [0.2, 0.25) is 5.56 Å². The van der Waals surface area contributed by atoms with Gasteiger partial charge in [-0.05, 0) is 12.1 Å². The molecule has 0 aliphatic heterocycles. The fraction of sp³-hybridized carbons (Fsp3) is 0.214. The van der Waals surface area contributed by atoms with E-state index in [1.165, 1.54) is 6.07 Å². The number of rotatable bonds is 2. The van der Waals surface area contributed by atoms with E-state index in [9.17, 15) is 4.79 Å². The monoisotopic (exact) mass is 254 g/mol. The Morgan fingerprint density at radius 1 is 1.16 bits per heavy atom. The average molecular weight is 254 g/mol. The molecule has 0 fully saturated rings. The molecule has 19 heavy (non-hydrogen) atoms. The molecule has 0 atom stereocenters. The molecule has 0 radical (unpaired) electrons. The maximum Gasteiger partial charge on any atom is 0.248 e. The quantitative estimate of drug-likeness (QED) is 0.762. The molecule has 3 heterocycles. The van der Waals surface area contributed by atoms with Crippen LogP contribution in [-0.4, -0.2) is 19.5 Å². The number of pyridine rings is 2. The smallest absolute Gasteiger partial charge is 0.248 e. The summed E-state index contributed by atoms with van der Waals surface area (Å²) in [4.78, 5) is 23.0. The zero-order chi connectivity index (χ0) is 13.4. The van der Waals surface area contributed by atoms with Crippen LogP contribution < -0.4 is 5.56 Å². The lowest BCUT2D eigenvalue weighted by Gasteiger charge is -2.11. The number of imidazole rings is 1. The third-order valence-corrected chi connectivity index (χ3v) is 3.04. The molecule has 0 saturated heterocycles. The van der Waals surface area contributed by atoms with Crippen LogP contribution in [-0.2, 0) is 0 Å². The molecule has 0 amide bonds. The van der Waals surface area contributed by atoms with Crippen molar-refractivity contribution in [2.75, 3.05) is 0 Å². The second kappa shape index (κ2) is 4.35. The number of aromatic nitrogens is 4. The summed E-state index contributed by atoms with van der Waals surface area (Å²) < 4.78 is 1.96. The fourth-order valence-electron chi connectivity index (χ4n) is 2.18. The minimum atomic E-state index is -0.112. The molecule has 5 heteroatoms. The summed E-state index contributed by atoms with van der Waals surface area (Å²) >= 11 is 0. The van der Waals surface area contributed by atoms with Gasteiger partial charge in [-0.2, -0.15) is 0 Å². The van der Waals surface area contributed by atoms with Gasteiger partial charge < -0.3 is 4.98 Å². The van der Waals surface area contributed by atoms with Crippen LogP contribution in [0.2, 0.25) is 0 Å². The van der Waals surface area contributed by atoms with Gasteiger partial charge in [0.15, 0.2) is 0 Å². The average Bonchev–Trinajstić information content (AvgIpc) is 2.86. The Balaban J connectivity index is 2.31. The van der Waals surface area contributed by atoms with Crippen molar-refractivity contribution in [3.63, 3.8) is 0 Å². The molecule has 0 saturated carbocycles. The second-order valence-corrected chi connectivity index (χ2v) is 4.73. The van der Waals surface area contributed by atoms with E-state index >= 15 is 0 Å². The van der Waals surface area contributed by atoms with Crippen molar-refractivity contribution < 1.29 is 0 Å². The first kappa shape index (κ1) is 11.6. The minimum Gasteiger partial charge on any atom is -0.322 e. The van der Waals surface area contributed by atoms with Crippen LogP contribution in [0.3, 0.4) is 0 Å². The molecule has 0 aromatic carbocycles. The van der Waals surface area contributed by atoms with Crippen LogP contribution >= 0.6 is 0 Å². The predicted octanol–water partition coefficient (Wildman–Crippen LogP) is 2.23. The van der Waals surface area contributed by atoms with Gasteiger partial charge in [-0.15, -0.1) is 0 Å². The number of hydrogen-bond donors (Lipinski definition) is 1. The van der Waals surface area contributed by atoms with Gasteiger partial charge in [-0.3, -0.25) is 9.36 Å². The summed E-state index contributed by atoms with van der Waals surface area (Å²) in [6.45, 7) is 4.18. The molecule has 0 aliphatic rings. The molecular formula is C14H14N4O. The Morgan fingerprint density at radius 3 is 2.79 bits per heavy atom. The molecule has 3 aromatic heterocycles. The van der Waals surface area contributed by atoms with Crippen molar-refractivity contribution in [1.29, 1.82) is 0 Å². The van der Waals surface area contributed by atoms with E-state index in [2.05, 4.69) is 28.8 Å². The van der Waals surface area contributed by atoms with E-state index in [1.54, 1.807) is 24.5 Å². The van der Waals surface area contributed by atoms with E-state index in [-0.39, 0.29) is 5.56 Å². The van der Waals surface area contributed by atoms with Crippen LogP contribution in [0.1, 0.15) is 25.6 Å². The standard InChI is InChI=1S/C14H14N4O/c1-9(2)13-16-7-8-18(13)14-10-3-4-12(19)17-11(10)5-6-15-14/h3-9H,1-2H3,(H,17,19). The molecule has 0 unspecified atom stereocenters. The summed E-state index contributed by atoms with van der Waals surface area (Å²) in [7, 11) is 0. The summed E-state index contributed by atoms with van der Waals surface area (Å²) in [6, 6.07) is 5.10. The van der Waals surface area contributed by atoms with Gasteiger partial charge in [0, 0.05) is 36.0 Å². The van der Waals surface area contributed by atoms with Gasteiger partial charge in [0.25, 0.3) is 0 Å². The van der Waals surface area contributed by atoms with E-state index in [0.717, 1.165) is 22.5 Å². The molecule has 0 aliphatic carbocycles. The van der Waals surface area contributed by atoms with Gasteiger partial charge >= 0.3 is 0 Å². The Morgan fingerprint density at radius 2 is 2.00 bits per heavy atom. The second-order valence-electron chi connectivity index (χ2n) is 4.73. The first-order chi connectivity index (χ1) is 9.16. The van der Waals surface area contributed by atoms with Crippen molar-refractivity contribution >= 4 is 10.9 Å². The van der Waals surface area contributed by atoms with Gasteiger partial charge in [0.05, 0.1) is 5.52 Å². The highest BCUT2D eigenvalue weighted by Crippen LogP contribution is 2.21. The van der Waals surface area contributed by atoms with Gasteiger partial charge in [0.1, 0.15) is 11.6 Å². The van der Waals surface area contributed by atoms with E-state index in [1.807, 2.05) is 10.8 Å². The predicted molar refractivity (Wildman–Crippen MR) is 73.6 cm³/mol. The number of nitrogens with zero attached hydrogens (tertiary/aromatic N) is 3. The Labute approximate surface area is 110 Å². The normalized spacial score (nSPS) is 11.3. The lowest BCUT2D eigenvalue weighted by atomic mass is 10.2. The summed E-state index contributed by atoms with van der Waals surface area (Å²) in [5, 5.41) is 0.905. The Bertz CT molecular complexity index is 785. The van der Waals surface area contributed by atoms with Gasteiger partial charge in [-0.25, -0.2) is 9.97 Å². The van der Waals surface area contributed by atoms with Crippen molar-refractivity contribution in [3.8, 4) is 5.82 Å². The number of aromatic amines is 1. The van der Waals surface area contributed by atoms with Crippen LogP contribution in [0.5, 0.6) is 0 Å². The number of fused-ring (bicyclic) bond motifs is 1. The van der Waals surface area contributed by atoms with Crippen molar-refractivity contribution in [3.05, 3.63) is 53.0 Å².